The summed E-state index contributed by atoms with van der Waals surface area (Å²) in [6, 6.07) is 11.5. The Morgan fingerprint density at radius 2 is 1.87 bits per heavy atom. The molecule has 0 unspecified atom stereocenters. The van der Waals surface area contributed by atoms with Gasteiger partial charge >= 0.3 is 5.97 Å². The number of ether oxygens (including phenoxy) is 1. The van der Waals surface area contributed by atoms with Gasteiger partial charge in [-0.25, -0.2) is 9.78 Å². The van der Waals surface area contributed by atoms with Crippen molar-refractivity contribution in [2.24, 2.45) is 0 Å². The highest BCUT2D eigenvalue weighted by Crippen LogP contribution is 2.29. The predicted molar refractivity (Wildman–Crippen MR) is 108 cm³/mol. The lowest BCUT2D eigenvalue weighted by Gasteiger charge is -2.31. The molecule has 30 heavy (non-hydrogen) atoms. The molecule has 9 heteroatoms. The standard InChI is InChI=1S/C21H20N4O5/c1-30-21(27)15-10-14(11-16(12-15)25(28)29)20(26)24-8-6-13(7-9-24)19-22-17-4-2-3-5-18(17)23-19/h2-5,10-13H,6-9H2,1H3,(H,22,23). The average molecular weight is 408 g/mol. The second-order valence-electron chi connectivity index (χ2n) is 7.22. The fraction of sp³-hybridized carbons (Fsp3) is 0.286. The zero-order valence-corrected chi connectivity index (χ0v) is 16.3. The van der Waals surface area contributed by atoms with E-state index in [4.69, 9.17) is 0 Å². The first-order valence-corrected chi connectivity index (χ1v) is 9.58. The Morgan fingerprint density at radius 3 is 2.53 bits per heavy atom. The first kappa shape index (κ1) is 19.6. The number of non-ortho nitro benzene ring substituents is 1. The second-order valence-corrected chi connectivity index (χ2v) is 7.22. The number of fused-ring (bicyclic) bond motifs is 1. The second kappa shape index (κ2) is 7.94. The number of carbonyl (C=O) groups is 2. The van der Waals surface area contributed by atoms with Crippen molar-refractivity contribution in [1.82, 2.24) is 14.9 Å². The molecular formula is C21H20N4O5. The molecule has 1 aliphatic heterocycles. The molecule has 0 spiro atoms. The maximum absolute atomic E-state index is 12.9. The first-order chi connectivity index (χ1) is 14.5. The monoisotopic (exact) mass is 408 g/mol. The lowest BCUT2D eigenvalue weighted by Crippen LogP contribution is -2.38. The van der Waals surface area contributed by atoms with Gasteiger partial charge in [0.15, 0.2) is 0 Å². The summed E-state index contributed by atoms with van der Waals surface area (Å²) in [6.07, 6.45) is 1.45. The van der Waals surface area contributed by atoms with Crippen LogP contribution in [0.2, 0.25) is 0 Å². The minimum absolute atomic E-state index is 0.0211. The van der Waals surface area contributed by atoms with Crippen LogP contribution in [0.4, 0.5) is 5.69 Å². The molecular weight excluding hydrogens is 388 g/mol. The van der Waals surface area contributed by atoms with Crippen molar-refractivity contribution in [1.29, 1.82) is 0 Å². The van der Waals surface area contributed by atoms with Crippen LogP contribution in [0.25, 0.3) is 11.0 Å². The number of nitro benzene ring substituents is 1. The number of benzene rings is 2. The van der Waals surface area contributed by atoms with Crippen molar-refractivity contribution in [3.05, 3.63) is 69.5 Å². The first-order valence-electron chi connectivity index (χ1n) is 9.58. The van der Waals surface area contributed by atoms with Crippen molar-refractivity contribution in [2.45, 2.75) is 18.8 Å². The zero-order chi connectivity index (χ0) is 21.3. The highest BCUT2D eigenvalue weighted by atomic mass is 16.6. The minimum atomic E-state index is -0.726. The van der Waals surface area contributed by atoms with Crippen molar-refractivity contribution < 1.29 is 19.2 Å². The molecule has 1 saturated heterocycles. The number of amides is 1. The number of aromatic nitrogens is 2. The van der Waals surface area contributed by atoms with Crippen molar-refractivity contribution in [2.75, 3.05) is 20.2 Å². The van der Waals surface area contributed by atoms with Gasteiger partial charge < -0.3 is 14.6 Å². The number of hydrogen-bond acceptors (Lipinski definition) is 6. The van der Waals surface area contributed by atoms with E-state index in [9.17, 15) is 19.7 Å². The molecule has 4 rings (SSSR count). The fourth-order valence-corrected chi connectivity index (χ4v) is 3.78. The lowest BCUT2D eigenvalue weighted by molar-refractivity contribution is -0.384. The molecule has 1 amide bonds. The number of imidazole rings is 1. The molecule has 1 aliphatic rings. The van der Waals surface area contributed by atoms with Gasteiger partial charge in [0.25, 0.3) is 11.6 Å². The van der Waals surface area contributed by atoms with Crippen LogP contribution in [0.3, 0.4) is 0 Å². The summed E-state index contributed by atoms with van der Waals surface area (Å²) in [4.78, 5) is 45.0. The number of carbonyl (C=O) groups excluding carboxylic acids is 2. The number of nitrogens with zero attached hydrogens (tertiary/aromatic N) is 3. The lowest BCUT2D eigenvalue weighted by atomic mass is 9.95. The summed E-state index contributed by atoms with van der Waals surface area (Å²) in [5.74, 6) is 0.0482. The number of H-pyrrole nitrogens is 1. The third-order valence-electron chi connectivity index (χ3n) is 5.37. The van der Waals surface area contributed by atoms with E-state index in [1.165, 1.54) is 19.2 Å². The van der Waals surface area contributed by atoms with Gasteiger partial charge in [-0.2, -0.15) is 0 Å². The number of nitro groups is 1. The topological polar surface area (TPSA) is 118 Å². The van der Waals surface area contributed by atoms with Gasteiger partial charge in [0.1, 0.15) is 5.82 Å². The average Bonchev–Trinajstić information content (AvgIpc) is 3.22. The molecule has 0 radical (unpaired) electrons. The van der Waals surface area contributed by atoms with Gasteiger partial charge in [0, 0.05) is 36.7 Å². The van der Waals surface area contributed by atoms with E-state index < -0.39 is 10.9 Å². The Balaban J connectivity index is 1.50. The number of para-hydroxylation sites is 2. The molecule has 3 aromatic rings. The van der Waals surface area contributed by atoms with E-state index in [0.717, 1.165) is 35.8 Å². The molecule has 2 heterocycles. The van der Waals surface area contributed by atoms with E-state index >= 15 is 0 Å². The van der Waals surface area contributed by atoms with Crippen LogP contribution >= 0.6 is 0 Å². The highest BCUT2D eigenvalue weighted by molar-refractivity contribution is 5.99. The van der Waals surface area contributed by atoms with Gasteiger partial charge in [-0.3, -0.25) is 14.9 Å². The van der Waals surface area contributed by atoms with Gasteiger partial charge in [0.2, 0.25) is 0 Å². The van der Waals surface area contributed by atoms with Gasteiger partial charge in [0.05, 0.1) is 28.6 Å². The van der Waals surface area contributed by atoms with Gasteiger partial charge in [-0.05, 0) is 31.0 Å². The van der Waals surface area contributed by atoms with Gasteiger partial charge in [-0.15, -0.1) is 0 Å². The largest absolute Gasteiger partial charge is 0.465 e. The molecule has 154 valence electrons. The summed E-state index contributed by atoms with van der Waals surface area (Å²) >= 11 is 0. The van der Waals surface area contributed by atoms with Gasteiger partial charge in [-0.1, -0.05) is 12.1 Å². The van der Waals surface area contributed by atoms with Crippen molar-refractivity contribution in [3.8, 4) is 0 Å². The zero-order valence-electron chi connectivity index (χ0n) is 16.3. The molecule has 0 bridgehead atoms. The molecule has 1 N–H and O–H groups in total. The Hall–Kier alpha value is -3.75. The number of likely N-dealkylation sites (tertiary alicyclic amines) is 1. The molecule has 1 aromatic heterocycles. The number of methoxy groups -OCH3 is 1. The van der Waals surface area contributed by atoms with Crippen LogP contribution in [0.5, 0.6) is 0 Å². The van der Waals surface area contributed by atoms with Crippen LogP contribution in [-0.4, -0.2) is 51.9 Å². The third kappa shape index (κ3) is 3.73. The van der Waals surface area contributed by atoms with Crippen molar-refractivity contribution in [3.63, 3.8) is 0 Å². The molecule has 0 atom stereocenters. The van der Waals surface area contributed by atoms with Crippen molar-refractivity contribution >= 4 is 28.6 Å². The normalized spacial score (nSPS) is 14.6. The number of nitrogens with one attached hydrogen (secondary N) is 1. The third-order valence-corrected chi connectivity index (χ3v) is 5.37. The van der Waals surface area contributed by atoms with Crippen LogP contribution in [-0.2, 0) is 4.74 Å². The molecule has 0 saturated carbocycles. The minimum Gasteiger partial charge on any atom is -0.465 e. The number of hydrogen-bond donors (Lipinski definition) is 1. The number of aromatic amines is 1. The maximum Gasteiger partial charge on any atom is 0.338 e. The maximum atomic E-state index is 12.9. The summed E-state index contributed by atoms with van der Waals surface area (Å²) in [7, 11) is 1.19. The van der Waals surface area contributed by atoms with E-state index in [1.54, 1.807) is 4.90 Å². The van der Waals surface area contributed by atoms with E-state index in [1.807, 2.05) is 24.3 Å². The summed E-state index contributed by atoms with van der Waals surface area (Å²) in [6.45, 7) is 0.994. The molecule has 1 fully saturated rings. The Labute approximate surface area is 171 Å². The SMILES string of the molecule is COC(=O)c1cc(C(=O)N2CCC(c3nc4ccccc4[nH]3)CC2)cc([N+](=O)[O-])c1. The number of rotatable bonds is 4. The van der Waals surface area contributed by atoms with Crippen LogP contribution in [0.1, 0.15) is 45.3 Å². The van der Waals surface area contributed by atoms with Crippen LogP contribution in [0.15, 0.2) is 42.5 Å². The number of esters is 1. The molecule has 9 nitrogen and oxygen atoms in total. The smallest absolute Gasteiger partial charge is 0.338 e. The van der Waals surface area contributed by atoms with E-state index in [2.05, 4.69) is 14.7 Å². The number of piperidine rings is 1. The molecule has 2 aromatic carbocycles. The highest BCUT2D eigenvalue weighted by Gasteiger charge is 2.28. The Bertz CT molecular complexity index is 1100. The quantitative estimate of drug-likeness (QED) is 0.402. The van der Waals surface area contributed by atoms with Crippen LogP contribution < -0.4 is 0 Å². The Kier molecular flexibility index (Phi) is 5.18. The van der Waals surface area contributed by atoms with Crippen LogP contribution in [0, 0.1) is 10.1 Å². The fourth-order valence-electron chi connectivity index (χ4n) is 3.78. The van der Waals surface area contributed by atoms with E-state index in [-0.39, 0.29) is 28.6 Å². The summed E-state index contributed by atoms with van der Waals surface area (Å²) in [5, 5.41) is 11.2. The predicted octanol–water partition coefficient (Wildman–Crippen LogP) is 3.28. The summed E-state index contributed by atoms with van der Waals surface area (Å²) < 4.78 is 4.64. The Morgan fingerprint density at radius 1 is 1.17 bits per heavy atom. The molecule has 0 aliphatic carbocycles. The van der Waals surface area contributed by atoms with E-state index in [0.29, 0.717) is 13.1 Å². The summed E-state index contributed by atoms with van der Waals surface area (Å²) in [5.41, 5.74) is 1.66.